The smallest absolute Gasteiger partial charge is 0.220 e. The van der Waals surface area contributed by atoms with Crippen molar-refractivity contribution in [3.8, 4) is 0 Å². The van der Waals surface area contributed by atoms with Crippen molar-refractivity contribution in [2.75, 3.05) is 18.8 Å². The van der Waals surface area contributed by atoms with Crippen LogP contribution >= 0.6 is 28.3 Å². The lowest BCUT2D eigenvalue weighted by Crippen LogP contribution is -2.50. The molecule has 1 aliphatic heterocycles. The summed E-state index contributed by atoms with van der Waals surface area (Å²) in [5, 5.41) is 6.39. The minimum absolute atomic E-state index is 0. The summed E-state index contributed by atoms with van der Waals surface area (Å²) in [5.41, 5.74) is 0. The van der Waals surface area contributed by atoms with E-state index in [2.05, 4.69) is 33.5 Å². The number of halogens is 2. The van der Waals surface area contributed by atoms with Crippen molar-refractivity contribution >= 4 is 45.0 Å². The maximum atomic E-state index is 12.1. The molecule has 0 radical (unpaired) electrons. The average Bonchev–Trinajstić information content (AvgIpc) is 2.50. The van der Waals surface area contributed by atoms with Gasteiger partial charge in [0, 0.05) is 34.1 Å². The van der Waals surface area contributed by atoms with Gasteiger partial charge in [-0.3, -0.25) is 9.00 Å². The first kappa shape index (κ1) is 20.6. The highest BCUT2D eigenvalue weighted by Crippen LogP contribution is 2.15. The summed E-state index contributed by atoms with van der Waals surface area (Å²) >= 11 is 3.36. The van der Waals surface area contributed by atoms with Crippen LogP contribution in [0.3, 0.4) is 0 Å². The summed E-state index contributed by atoms with van der Waals surface area (Å²) in [6.07, 6.45) is 2.17. The Labute approximate surface area is 155 Å². The Morgan fingerprint density at radius 3 is 2.74 bits per heavy atom. The Hall–Kier alpha value is -0.430. The summed E-state index contributed by atoms with van der Waals surface area (Å²) in [5.74, 6) is 1.10. The molecule has 0 aromatic heterocycles. The Kier molecular flexibility index (Phi) is 9.36. The van der Waals surface area contributed by atoms with Crippen LogP contribution in [0.25, 0.3) is 0 Å². The number of amides is 1. The standard InChI is InChI=1S/C16H23BrN2O2S.ClH/c1-12-8-9-18-11-15(12)19-16(20)3-2-10-22(21)14-6-4-13(17)5-7-14;/h4-7,12,15,18H,2-3,8-11H2,1H3,(H,19,20);1H. The van der Waals surface area contributed by atoms with E-state index in [1.807, 2.05) is 24.3 Å². The second-order valence-corrected chi connectivity index (χ2v) is 8.24. The fraction of sp³-hybridized carbons (Fsp3) is 0.562. The van der Waals surface area contributed by atoms with Crippen LogP contribution in [0.2, 0.25) is 0 Å². The van der Waals surface area contributed by atoms with Gasteiger partial charge in [-0.1, -0.05) is 22.9 Å². The zero-order valence-corrected chi connectivity index (χ0v) is 16.4. The van der Waals surface area contributed by atoms with Crippen LogP contribution in [0.5, 0.6) is 0 Å². The summed E-state index contributed by atoms with van der Waals surface area (Å²) in [6.45, 7) is 4.05. The molecule has 4 nitrogen and oxygen atoms in total. The third-order valence-electron chi connectivity index (χ3n) is 3.98. The van der Waals surface area contributed by atoms with E-state index >= 15 is 0 Å². The molecule has 0 bridgehead atoms. The number of hydrogen-bond donors (Lipinski definition) is 2. The molecule has 1 heterocycles. The molecule has 130 valence electrons. The van der Waals surface area contributed by atoms with Gasteiger partial charge in [0.25, 0.3) is 0 Å². The van der Waals surface area contributed by atoms with Crippen molar-refractivity contribution in [1.29, 1.82) is 0 Å². The summed E-state index contributed by atoms with van der Waals surface area (Å²) in [6, 6.07) is 7.71. The van der Waals surface area contributed by atoms with Gasteiger partial charge in [0.05, 0.1) is 10.8 Å². The van der Waals surface area contributed by atoms with Gasteiger partial charge >= 0.3 is 0 Å². The normalized spacial score (nSPS) is 22.0. The Bertz CT molecular complexity index is 527. The van der Waals surface area contributed by atoms with E-state index in [9.17, 15) is 9.00 Å². The maximum Gasteiger partial charge on any atom is 0.220 e. The highest BCUT2D eigenvalue weighted by atomic mass is 79.9. The van der Waals surface area contributed by atoms with Gasteiger partial charge in [-0.2, -0.15) is 0 Å². The van der Waals surface area contributed by atoms with E-state index in [0.29, 0.717) is 24.5 Å². The van der Waals surface area contributed by atoms with Crippen LogP contribution < -0.4 is 10.6 Å². The molecule has 7 heteroatoms. The molecule has 0 saturated carbocycles. The topological polar surface area (TPSA) is 58.2 Å². The molecule has 2 N–H and O–H groups in total. The molecule has 2 rings (SSSR count). The van der Waals surface area contributed by atoms with Crippen molar-refractivity contribution in [2.24, 2.45) is 5.92 Å². The molecule has 1 aromatic carbocycles. The molecule has 3 unspecified atom stereocenters. The Balaban J connectivity index is 0.00000264. The van der Waals surface area contributed by atoms with E-state index in [-0.39, 0.29) is 24.4 Å². The molecule has 1 saturated heterocycles. The molecule has 0 aliphatic carbocycles. The highest BCUT2D eigenvalue weighted by Gasteiger charge is 2.22. The van der Waals surface area contributed by atoms with Crippen molar-refractivity contribution in [3.05, 3.63) is 28.7 Å². The number of piperidine rings is 1. The second kappa shape index (κ2) is 10.4. The van der Waals surface area contributed by atoms with Gasteiger partial charge in [-0.15, -0.1) is 12.4 Å². The number of carbonyl (C=O) groups is 1. The molecule has 1 amide bonds. The summed E-state index contributed by atoms with van der Waals surface area (Å²) in [7, 11) is -1.03. The van der Waals surface area contributed by atoms with Crippen LogP contribution in [-0.4, -0.2) is 35.0 Å². The monoisotopic (exact) mass is 422 g/mol. The quantitative estimate of drug-likeness (QED) is 0.739. The summed E-state index contributed by atoms with van der Waals surface area (Å²) in [4.78, 5) is 12.8. The molecule has 3 atom stereocenters. The van der Waals surface area contributed by atoms with Crippen molar-refractivity contribution in [3.63, 3.8) is 0 Å². The zero-order chi connectivity index (χ0) is 15.9. The van der Waals surface area contributed by atoms with Gasteiger partial charge in [-0.05, 0) is 49.6 Å². The first-order valence-electron chi connectivity index (χ1n) is 7.70. The van der Waals surface area contributed by atoms with Gasteiger partial charge in [-0.25, -0.2) is 0 Å². The van der Waals surface area contributed by atoms with Crippen LogP contribution in [0, 0.1) is 5.92 Å². The molecule has 0 spiro atoms. The van der Waals surface area contributed by atoms with Crippen molar-refractivity contribution < 1.29 is 9.00 Å². The molecular weight excluding hydrogens is 400 g/mol. The predicted octanol–water partition coefficient (Wildman–Crippen LogP) is 2.87. The molecule has 1 aliphatic rings. The lowest BCUT2D eigenvalue weighted by atomic mass is 9.95. The minimum Gasteiger partial charge on any atom is -0.352 e. The number of nitrogens with one attached hydrogen (secondary N) is 2. The molecule has 1 aromatic rings. The van der Waals surface area contributed by atoms with Crippen LogP contribution in [0.4, 0.5) is 0 Å². The van der Waals surface area contributed by atoms with E-state index in [1.54, 1.807) is 0 Å². The first-order chi connectivity index (χ1) is 10.6. The van der Waals surface area contributed by atoms with E-state index < -0.39 is 10.8 Å². The maximum absolute atomic E-state index is 12.1. The lowest BCUT2D eigenvalue weighted by Gasteiger charge is -2.30. The fourth-order valence-corrected chi connectivity index (χ4v) is 3.88. The Morgan fingerprint density at radius 2 is 2.09 bits per heavy atom. The van der Waals surface area contributed by atoms with E-state index in [0.717, 1.165) is 28.9 Å². The third-order valence-corrected chi connectivity index (χ3v) is 5.97. The molecule has 1 fully saturated rings. The molecule has 23 heavy (non-hydrogen) atoms. The van der Waals surface area contributed by atoms with Gasteiger partial charge < -0.3 is 10.6 Å². The van der Waals surface area contributed by atoms with Crippen LogP contribution in [0.1, 0.15) is 26.2 Å². The number of hydrogen-bond acceptors (Lipinski definition) is 3. The first-order valence-corrected chi connectivity index (χ1v) is 9.81. The van der Waals surface area contributed by atoms with Gasteiger partial charge in [0.2, 0.25) is 5.91 Å². The number of benzene rings is 1. The van der Waals surface area contributed by atoms with E-state index in [4.69, 9.17) is 0 Å². The third kappa shape index (κ3) is 6.91. The number of rotatable bonds is 6. The average molecular weight is 424 g/mol. The largest absolute Gasteiger partial charge is 0.352 e. The van der Waals surface area contributed by atoms with Crippen molar-refractivity contribution in [1.82, 2.24) is 10.6 Å². The van der Waals surface area contributed by atoms with E-state index in [1.165, 1.54) is 0 Å². The lowest BCUT2D eigenvalue weighted by molar-refractivity contribution is -0.122. The van der Waals surface area contributed by atoms with Gasteiger partial charge in [0.15, 0.2) is 0 Å². The van der Waals surface area contributed by atoms with Crippen molar-refractivity contribution in [2.45, 2.75) is 37.1 Å². The fourth-order valence-electron chi connectivity index (χ4n) is 2.53. The SMILES string of the molecule is CC1CCNCC1NC(=O)CCCS(=O)c1ccc(Br)cc1.Cl. The second-order valence-electron chi connectivity index (χ2n) is 5.75. The Morgan fingerprint density at radius 1 is 1.39 bits per heavy atom. The molecular formula is C16H24BrClN2O2S. The van der Waals surface area contributed by atoms with Crippen LogP contribution in [-0.2, 0) is 15.6 Å². The highest BCUT2D eigenvalue weighted by molar-refractivity contribution is 9.10. The number of carbonyl (C=O) groups excluding carboxylic acids is 1. The van der Waals surface area contributed by atoms with Crippen LogP contribution in [0.15, 0.2) is 33.6 Å². The minimum atomic E-state index is -1.03. The summed E-state index contributed by atoms with van der Waals surface area (Å²) < 4.78 is 13.1. The zero-order valence-electron chi connectivity index (χ0n) is 13.2. The predicted molar refractivity (Wildman–Crippen MR) is 100 cm³/mol. The van der Waals surface area contributed by atoms with Gasteiger partial charge in [0.1, 0.15) is 0 Å².